The second-order valence-corrected chi connectivity index (χ2v) is 6.30. The summed E-state index contributed by atoms with van der Waals surface area (Å²) in [4.78, 5) is 6.68. The molecule has 0 aliphatic carbocycles. The van der Waals surface area contributed by atoms with Crippen molar-refractivity contribution in [3.05, 3.63) is 59.9 Å². The van der Waals surface area contributed by atoms with Crippen LogP contribution in [0.4, 0.5) is 17.3 Å². The minimum Gasteiger partial charge on any atom is -0.371 e. The van der Waals surface area contributed by atoms with Gasteiger partial charge in [-0.1, -0.05) is 29.8 Å². The highest BCUT2D eigenvalue weighted by molar-refractivity contribution is 6.31. The molecule has 1 aliphatic rings. The van der Waals surface area contributed by atoms with E-state index in [1.165, 1.54) is 12.8 Å². The Morgan fingerprint density at radius 3 is 2.54 bits per heavy atom. The fourth-order valence-electron chi connectivity index (χ4n) is 2.96. The van der Waals surface area contributed by atoms with Gasteiger partial charge in [0, 0.05) is 29.5 Å². The quantitative estimate of drug-likeness (QED) is 0.771. The maximum Gasteiger partial charge on any atom is 0.246 e. The van der Waals surface area contributed by atoms with E-state index in [9.17, 15) is 0 Å². The predicted molar refractivity (Wildman–Crippen MR) is 97.5 cm³/mol. The third-order valence-electron chi connectivity index (χ3n) is 4.12. The van der Waals surface area contributed by atoms with Crippen LogP contribution >= 0.6 is 11.6 Å². The summed E-state index contributed by atoms with van der Waals surface area (Å²) in [6.45, 7) is 2.17. The molecule has 0 unspecified atom stereocenters. The number of hydrogen-bond acceptors (Lipinski definition) is 4. The first-order valence-electron chi connectivity index (χ1n) is 8.07. The normalized spacial score (nSPS) is 14.1. The van der Waals surface area contributed by atoms with Gasteiger partial charge in [-0.15, -0.1) is 5.10 Å². The number of para-hydroxylation sites is 1. The Hall–Kier alpha value is -2.53. The molecule has 24 heavy (non-hydrogen) atoms. The molecule has 0 spiro atoms. The van der Waals surface area contributed by atoms with Crippen LogP contribution < -0.4 is 10.2 Å². The molecule has 0 saturated carbocycles. The van der Waals surface area contributed by atoms with E-state index >= 15 is 0 Å². The molecule has 0 atom stereocenters. The molecule has 1 saturated heterocycles. The van der Waals surface area contributed by atoms with E-state index in [-0.39, 0.29) is 0 Å². The van der Waals surface area contributed by atoms with Crippen molar-refractivity contribution in [2.24, 2.45) is 0 Å². The molecular formula is C18H18ClN5. The number of aromatic nitrogens is 3. The molecule has 3 aromatic rings. The highest BCUT2D eigenvalue weighted by Gasteiger charge is 2.14. The van der Waals surface area contributed by atoms with Crippen molar-refractivity contribution in [3.63, 3.8) is 0 Å². The number of benzene rings is 2. The van der Waals surface area contributed by atoms with Crippen molar-refractivity contribution in [2.75, 3.05) is 23.3 Å². The van der Waals surface area contributed by atoms with E-state index in [0.29, 0.717) is 11.0 Å². The van der Waals surface area contributed by atoms with E-state index in [1.54, 1.807) is 11.0 Å². The summed E-state index contributed by atoms with van der Waals surface area (Å²) >= 11 is 6.28. The summed E-state index contributed by atoms with van der Waals surface area (Å²) in [7, 11) is 0. The first kappa shape index (κ1) is 15.0. The van der Waals surface area contributed by atoms with Crippen LogP contribution in [-0.2, 0) is 0 Å². The molecule has 4 rings (SSSR count). The zero-order chi connectivity index (χ0) is 16.4. The third kappa shape index (κ3) is 3.21. The van der Waals surface area contributed by atoms with E-state index in [1.807, 2.05) is 42.5 Å². The molecular weight excluding hydrogens is 322 g/mol. The highest BCUT2D eigenvalue weighted by Crippen LogP contribution is 2.29. The van der Waals surface area contributed by atoms with Gasteiger partial charge in [0.1, 0.15) is 6.33 Å². The summed E-state index contributed by atoms with van der Waals surface area (Å²) in [5.74, 6) is 0.550. The summed E-state index contributed by atoms with van der Waals surface area (Å²) in [6, 6.07) is 15.9. The van der Waals surface area contributed by atoms with Crippen LogP contribution in [0.5, 0.6) is 0 Å². The number of rotatable bonds is 4. The molecule has 0 radical (unpaired) electrons. The van der Waals surface area contributed by atoms with Gasteiger partial charge in [-0.2, -0.15) is 4.98 Å². The van der Waals surface area contributed by atoms with Crippen LogP contribution in [0, 0.1) is 0 Å². The second-order valence-electron chi connectivity index (χ2n) is 5.87. The lowest BCUT2D eigenvalue weighted by molar-refractivity contribution is 0.882. The Kier molecular flexibility index (Phi) is 4.09. The first-order chi connectivity index (χ1) is 11.8. The van der Waals surface area contributed by atoms with E-state index in [2.05, 4.69) is 26.4 Å². The van der Waals surface area contributed by atoms with Crippen LogP contribution in [0.2, 0.25) is 5.02 Å². The largest absolute Gasteiger partial charge is 0.371 e. The molecule has 1 fully saturated rings. The van der Waals surface area contributed by atoms with Gasteiger partial charge >= 0.3 is 0 Å². The van der Waals surface area contributed by atoms with Gasteiger partial charge in [-0.3, -0.25) is 0 Å². The summed E-state index contributed by atoms with van der Waals surface area (Å²) in [5.41, 5.74) is 3.02. The fraction of sp³-hybridized carbons (Fsp3) is 0.222. The molecule has 0 bridgehead atoms. The molecule has 122 valence electrons. The Morgan fingerprint density at radius 2 is 1.75 bits per heavy atom. The Morgan fingerprint density at radius 1 is 0.958 bits per heavy atom. The lowest BCUT2D eigenvalue weighted by Gasteiger charge is -2.19. The van der Waals surface area contributed by atoms with Crippen molar-refractivity contribution in [2.45, 2.75) is 12.8 Å². The lowest BCUT2D eigenvalue weighted by Crippen LogP contribution is -2.17. The smallest absolute Gasteiger partial charge is 0.246 e. The predicted octanol–water partition coefficient (Wildman–Crippen LogP) is 4.26. The van der Waals surface area contributed by atoms with Crippen molar-refractivity contribution >= 4 is 28.9 Å². The number of halogens is 1. The van der Waals surface area contributed by atoms with Gasteiger partial charge in [-0.05, 0) is 43.2 Å². The maximum absolute atomic E-state index is 6.28. The van der Waals surface area contributed by atoms with Crippen LogP contribution in [0.15, 0.2) is 54.9 Å². The zero-order valence-electron chi connectivity index (χ0n) is 13.2. The lowest BCUT2D eigenvalue weighted by atomic mass is 10.2. The van der Waals surface area contributed by atoms with Crippen LogP contribution in [0.1, 0.15) is 12.8 Å². The maximum atomic E-state index is 6.28. The van der Waals surface area contributed by atoms with Crippen LogP contribution in [-0.4, -0.2) is 27.9 Å². The average Bonchev–Trinajstić information content (AvgIpc) is 3.27. The minimum absolute atomic E-state index is 0.550. The number of anilines is 3. The molecule has 6 heteroatoms. The van der Waals surface area contributed by atoms with Gasteiger partial charge in [0.15, 0.2) is 0 Å². The first-order valence-corrected chi connectivity index (χ1v) is 8.45. The van der Waals surface area contributed by atoms with Crippen molar-refractivity contribution in [1.29, 1.82) is 0 Å². The molecule has 1 aromatic heterocycles. The second kappa shape index (κ2) is 6.53. The van der Waals surface area contributed by atoms with Crippen molar-refractivity contribution in [3.8, 4) is 5.69 Å². The zero-order valence-corrected chi connectivity index (χ0v) is 13.9. The Balaban J connectivity index is 1.56. The highest BCUT2D eigenvalue weighted by atomic mass is 35.5. The van der Waals surface area contributed by atoms with Crippen molar-refractivity contribution in [1.82, 2.24) is 14.8 Å². The molecule has 1 N–H and O–H groups in total. The third-order valence-corrected chi connectivity index (χ3v) is 4.34. The van der Waals surface area contributed by atoms with Gasteiger partial charge in [-0.25, -0.2) is 4.68 Å². The summed E-state index contributed by atoms with van der Waals surface area (Å²) in [6.07, 6.45) is 4.17. The van der Waals surface area contributed by atoms with E-state index in [4.69, 9.17) is 11.6 Å². The van der Waals surface area contributed by atoms with Crippen molar-refractivity contribution < 1.29 is 0 Å². The molecule has 2 aromatic carbocycles. The minimum atomic E-state index is 0.550. The van der Waals surface area contributed by atoms with Gasteiger partial charge in [0.25, 0.3) is 0 Å². The average molecular weight is 340 g/mol. The van der Waals surface area contributed by atoms with E-state index < -0.39 is 0 Å². The van der Waals surface area contributed by atoms with Crippen LogP contribution in [0.25, 0.3) is 5.69 Å². The molecule has 1 aliphatic heterocycles. The van der Waals surface area contributed by atoms with Crippen LogP contribution in [0.3, 0.4) is 0 Å². The Bertz CT molecular complexity index is 824. The molecule has 0 amide bonds. The molecule has 2 heterocycles. The monoisotopic (exact) mass is 339 g/mol. The SMILES string of the molecule is Clc1cc(Nc2ncn(-c3ccccc3)n2)cc(N2CCCC2)c1. The summed E-state index contributed by atoms with van der Waals surface area (Å²) in [5, 5.41) is 8.43. The summed E-state index contributed by atoms with van der Waals surface area (Å²) < 4.78 is 1.74. The molecule has 5 nitrogen and oxygen atoms in total. The number of nitrogens with zero attached hydrogens (tertiary/aromatic N) is 4. The number of nitrogens with one attached hydrogen (secondary N) is 1. The standard InChI is InChI=1S/C18H18ClN5/c19-14-10-15(12-17(11-14)23-8-4-5-9-23)21-18-20-13-24(22-18)16-6-2-1-3-7-16/h1-3,6-7,10-13H,4-5,8-9H2,(H,21,22). The number of hydrogen-bond donors (Lipinski definition) is 1. The van der Waals surface area contributed by atoms with Gasteiger partial charge in [0.05, 0.1) is 5.69 Å². The van der Waals surface area contributed by atoms with Gasteiger partial charge in [0.2, 0.25) is 5.95 Å². The van der Waals surface area contributed by atoms with Gasteiger partial charge < -0.3 is 10.2 Å². The fourth-order valence-corrected chi connectivity index (χ4v) is 3.19. The Labute approximate surface area is 145 Å². The topological polar surface area (TPSA) is 46.0 Å². The van der Waals surface area contributed by atoms with E-state index in [0.717, 1.165) is 30.2 Å².